The molecule has 138 valence electrons. The summed E-state index contributed by atoms with van der Waals surface area (Å²) in [5, 5.41) is 4.36. The fourth-order valence-electron chi connectivity index (χ4n) is 3.13. The Kier molecular flexibility index (Phi) is 4.33. The molecule has 0 aromatic heterocycles. The van der Waals surface area contributed by atoms with Crippen molar-refractivity contribution in [1.29, 1.82) is 0 Å². The Labute approximate surface area is 159 Å². The molecule has 3 aromatic rings. The molecule has 0 saturated carbocycles. The van der Waals surface area contributed by atoms with Crippen LogP contribution in [0.2, 0.25) is 0 Å². The first-order valence-corrected chi connectivity index (χ1v) is 8.53. The summed E-state index contributed by atoms with van der Waals surface area (Å²) in [5.41, 5.74) is 6.90. The lowest BCUT2D eigenvalue weighted by Crippen LogP contribution is -2.33. The first-order chi connectivity index (χ1) is 13.5. The van der Waals surface area contributed by atoms with Crippen LogP contribution in [0.25, 0.3) is 10.8 Å². The third-order valence-electron chi connectivity index (χ3n) is 4.38. The van der Waals surface area contributed by atoms with Gasteiger partial charge in [0.2, 0.25) is 11.8 Å². The van der Waals surface area contributed by atoms with Crippen LogP contribution < -0.4 is 11.1 Å². The molecule has 0 atom stereocenters. The smallest absolute Gasteiger partial charge is 0.332 e. The number of aliphatic imine (C=N–C) groups is 1. The van der Waals surface area contributed by atoms with Gasteiger partial charge in [-0.15, -0.1) is 0 Å². The Morgan fingerprint density at radius 1 is 0.929 bits per heavy atom. The summed E-state index contributed by atoms with van der Waals surface area (Å²) in [4.78, 5) is 40.3. The maximum atomic E-state index is 12.3. The van der Waals surface area contributed by atoms with Gasteiger partial charge in [-0.1, -0.05) is 36.4 Å². The number of rotatable bonds is 4. The second kappa shape index (κ2) is 6.96. The first-order valence-electron chi connectivity index (χ1n) is 8.53. The van der Waals surface area contributed by atoms with E-state index < -0.39 is 17.8 Å². The average molecular weight is 373 g/mol. The Bertz CT molecular complexity index is 1160. The predicted molar refractivity (Wildman–Crippen MR) is 104 cm³/mol. The summed E-state index contributed by atoms with van der Waals surface area (Å²) in [6, 6.07) is 17.4. The number of carbonyl (C=O) groups excluding carboxylic acids is 3. The van der Waals surface area contributed by atoms with Gasteiger partial charge in [-0.05, 0) is 29.7 Å². The summed E-state index contributed by atoms with van der Waals surface area (Å²) in [7, 11) is 0. The van der Waals surface area contributed by atoms with E-state index >= 15 is 0 Å². The Morgan fingerprint density at radius 3 is 2.39 bits per heavy atom. The number of carbonyl (C=O) groups is 3. The van der Waals surface area contributed by atoms with Gasteiger partial charge in [0, 0.05) is 10.9 Å². The van der Waals surface area contributed by atoms with Crippen molar-refractivity contribution in [2.24, 2.45) is 10.7 Å². The highest BCUT2D eigenvalue weighted by molar-refractivity contribution is 6.18. The summed E-state index contributed by atoms with van der Waals surface area (Å²) in [6.45, 7) is -0.378. The standard InChI is InChI=1S/C21H15N3O4/c22-19(26)13-7-1-2-8-14(13)20(27)23-11-17(25)28-21-15-9-3-5-12-6-4-10-16(24-21)18(12)15/h1-10H,11H2,(H2,22,26)(H,23,27). The highest BCUT2D eigenvalue weighted by atomic mass is 16.5. The Balaban J connectivity index is 1.45. The van der Waals surface area contributed by atoms with Gasteiger partial charge in [0.1, 0.15) is 6.54 Å². The number of amides is 2. The molecule has 0 fully saturated rings. The van der Waals surface area contributed by atoms with Crippen LogP contribution in [0.15, 0.2) is 65.7 Å². The van der Waals surface area contributed by atoms with E-state index in [1.807, 2.05) is 36.4 Å². The molecule has 0 unspecified atom stereocenters. The SMILES string of the molecule is NC(=O)c1ccccc1C(=O)NCC(=O)OC1=Nc2cccc3cccc1c23. The number of nitrogens with one attached hydrogen (secondary N) is 1. The quantitative estimate of drug-likeness (QED) is 0.684. The van der Waals surface area contributed by atoms with Crippen LogP contribution in [0.3, 0.4) is 0 Å². The van der Waals surface area contributed by atoms with Gasteiger partial charge in [0.25, 0.3) is 5.91 Å². The number of hydrogen-bond acceptors (Lipinski definition) is 5. The number of ether oxygens (including phenoxy) is 1. The van der Waals surface area contributed by atoms with Crippen molar-refractivity contribution in [3.05, 3.63) is 77.4 Å². The van der Waals surface area contributed by atoms with Crippen molar-refractivity contribution in [2.75, 3.05) is 6.54 Å². The van der Waals surface area contributed by atoms with Crippen molar-refractivity contribution in [1.82, 2.24) is 5.32 Å². The summed E-state index contributed by atoms with van der Waals surface area (Å²) in [5.74, 6) is -1.79. The Morgan fingerprint density at radius 2 is 1.64 bits per heavy atom. The second-order valence-corrected chi connectivity index (χ2v) is 6.16. The molecule has 3 aromatic carbocycles. The van der Waals surface area contributed by atoms with Gasteiger partial charge in [-0.3, -0.25) is 9.59 Å². The number of benzene rings is 3. The van der Waals surface area contributed by atoms with Gasteiger partial charge in [-0.2, -0.15) is 0 Å². The van der Waals surface area contributed by atoms with Crippen molar-refractivity contribution in [3.63, 3.8) is 0 Å². The van der Waals surface area contributed by atoms with E-state index in [2.05, 4.69) is 10.3 Å². The van der Waals surface area contributed by atoms with Crippen LogP contribution in [0.5, 0.6) is 0 Å². The van der Waals surface area contributed by atoms with E-state index in [9.17, 15) is 14.4 Å². The third kappa shape index (κ3) is 3.09. The predicted octanol–water partition coefficient (Wildman–Crippen LogP) is 2.30. The largest absolute Gasteiger partial charge is 0.405 e. The third-order valence-corrected chi connectivity index (χ3v) is 4.38. The monoisotopic (exact) mass is 373 g/mol. The van der Waals surface area contributed by atoms with Crippen LogP contribution in [0, 0.1) is 0 Å². The molecule has 0 aliphatic carbocycles. The van der Waals surface area contributed by atoms with Crippen molar-refractivity contribution >= 4 is 40.1 Å². The van der Waals surface area contributed by atoms with E-state index in [0.717, 1.165) is 22.0 Å². The lowest BCUT2D eigenvalue weighted by molar-refractivity contribution is -0.134. The van der Waals surface area contributed by atoms with Gasteiger partial charge < -0.3 is 15.8 Å². The van der Waals surface area contributed by atoms with Crippen LogP contribution in [0.4, 0.5) is 5.69 Å². The molecule has 0 radical (unpaired) electrons. The zero-order valence-electron chi connectivity index (χ0n) is 14.6. The van der Waals surface area contributed by atoms with Crippen molar-refractivity contribution < 1.29 is 19.1 Å². The minimum absolute atomic E-state index is 0.0793. The van der Waals surface area contributed by atoms with Crippen molar-refractivity contribution in [2.45, 2.75) is 0 Å². The van der Waals surface area contributed by atoms with E-state index in [-0.39, 0.29) is 23.6 Å². The zero-order valence-corrected chi connectivity index (χ0v) is 14.6. The first kappa shape index (κ1) is 17.4. The lowest BCUT2D eigenvalue weighted by atomic mass is 10.1. The number of primary amides is 1. The van der Waals surface area contributed by atoms with Crippen molar-refractivity contribution in [3.8, 4) is 0 Å². The van der Waals surface area contributed by atoms with Gasteiger partial charge in [0.05, 0.1) is 16.8 Å². The topological polar surface area (TPSA) is 111 Å². The van der Waals surface area contributed by atoms with E-state index in [1.165, 1.54) is 12.1 Å². The molecule has 2 amide bonds. The second-order valence-electron chi connectivity index (χ2n) is 6.16. The summed E-state index contributed by atoms with van der Waals surface area (Å²) in [6.07, 6.45) is 0. The van der Waals surface area contributed by atoms with Gasteiger partial charge in [-0.25, -0.2) is 9.79 Å². The molecular formula is C21H15N3O4. The Hall–Kier alpha value is -4.00. The van der Waals surface area contributed by atoms with Crippen LogP contribution in [-0.4, -0.2) is 30.2 Å². The van der Waals surface area contributed by atoms with Gasteiger partial charge >= 0.3 is 5.97 Å². The highest BCUT2D eigenvalue weighted by Gasteiger charge is 2.22. The van der Waals surface area contributed by atoms with E-state index in [1.54, 1.807) is 12.1 Å². The lowest BCUT2D eigenvalue weighted by Gasteiger charge is -2.08. The maximum Gasteiger partial charge on any atom is 0.332 e. The average Bonchev–Trinajstić information content (AvgIpc) is 3.05. The molecule has 0 spiro atoms. The fourth-order valence-corrected chi connectivity index (χ4v) is 3.13. The van der Waals surface area contributed by atoms with Crippen LogP contribution in [0.1, 0.15) is 26.3 Å². The molecule has 1 aliphatic rings. The highest BCUT2D eigenvalue weighted by Crippen LogP contribution is 2.35. The molecule has 7 heteroatoms. The molecular weight excluding hydrogens is 358 g/mol. The molecule has 1 aliphatic heterocycles. The molecule has 7 nitrogen and oxygen atoms in total. The minimum Gasteiger partial charge on any atom is -0.405 e. The van der Waals surface area contributed by atoms with E-state index in [0.29, 0.717) is 0 Å². The van der Waals surface area contributed by atoms with E-state index in [4.69, 9.17) is 10.5 Å². The van der Waals surface area contributed by atoms with Gasteiger partial charge in [0.15, 0.2) is 0 Å². The van der Waals surface area contributed by atoms with Crippen LogP contribution in [-0.2, 0) is 9.53 Å². The molecule has 0 bridgehead atoms. The van der Waals surface area contributed by atoms with Crippen LogP contribution >= 0.6 is 0 Å². The summed E-state index contributed by atoms with van der Waals surface area (Å²) < 4.78 is 5.35. The molecule has 1 heterocycles. The molecule has 28 heavy (non-hydrogen) atoms. The fraction of sp³-hybridized carbons (Fsp3) is 0.0476. The molecule has 3 N–H and O–H groups in total. The number of hydrogen-bond donors (Lipinski definition) is 2. The zero-order chi connectivity index (χ0) is 19.7. The summed E-state index contributed by atoms with van der Waals surface area (Å²) >= 11 is 0. The molecule has 4 rings (SSSR count). The number of esters is 1. The molecule has 0 saturated heterocycles. The maximum absolute atomic E-state index is 12.3. The minimum atomic E-state index is -0.723. The number of nitrogens with zero attached hydrogens (tertiary/aromatic N) is 1. The normalized spacial score (nSPS) is 11.8. The number of nitrogens with two attached hydrogens (primary N) is 1.